The van der Waals surface area contributed by atoms with Gasteiger partial charge in [0.15, 0.2) is 0 Å². The lowest BCUT2D eigenvalue weighted by Crippen LogP contribution is -2.41. The summed E-state index contributed by atoms with van der Waals surface area (Å²) >= 11 is 0. The number of nitrogens with one attached hydrogen (secondary N) is 1. The van der Waals surface area contributed by atoms with Crippen LogP contribution in [-0.2, 0) is 20.6 Å². The largest absolute Gasteiger partial charge is 0.573 e. The number of carbonyl (C=O) groups is 1. The van der Waals surface area contributed by atoms with E-state index in [1.165, 1.54) is 12.1 Å². The van der Waals surface area contributed by atoms with E-state index in [2.05, 4.69) is 10.1 Å². The van der Waals surface area contributed by atoms with Crippen LogP contribution in [0.5, 0.6) is 5.75 Å². The molecule has 1 saturated heterocycles. The van der Waals surface area contributed by atoms with Gasteiger partial charge in [-0.3, -0.25) is 0 Å². The topological polar surface area (TPSA) is 66.0 Å². The zero-order valence-electron chi connectivity index (χ0n) is 17.7. The molecular weight excluding hydrogens is 390 g/mol. The van der Waals surface area contributed by atoms with E-state index in [-0.39, 0.29) is 12.1 Å². The summed E-state index contributed by atoms with van der Waals surface area (Å²) in [5, 5.41) is 2.43. The molecule has 10 heteroatoms. The minimum Gasteiger partial charge on any atom is -0.444 e. The molecule has 29 heavy (non-hydrogen) atoms. The number of carbonyl (C=O) groups excluding carboxylic acids is 1. The van der Waals surface area contributed by atoms with E-state index >= 15 is 0 Å². The Labute approximate surface area is 169 Å². The van der Waals surface area contributed by atoms with E-state index in [9.17, 15) is 18.0 Å². The number of amides is 1. The van der Waals surface area contributed by atoms with E-state index in [0.717, 1.165) is 0 Å². The van der Waals surface area contributed by atoms with Crippen molar-refractivity contribution in [3.63, 3.8) is 0 Å². The molecule has 0 aromatic heterocycles. The van der Waals surface area contributed by atoms with Crippen molar-refractivity contribution >= 4 is 18.7 Å². The van der Waals surface area contributed by atoms with Gasteiger partial charge in [-0.2, -0.15) is 0 Å². The number of ether oxygens (including phenoxy) is 2. The number of rotatable bonds is 4. The summed E-state index contributed by atoms with van der Waals surface area (Å²) in [6.45, 7) is 12.2. The zero-order valence-corrected chi connectivity index (χ0v) is 17.7. The van der Waals surface area contributed by atoms with Crippen molar-refractivity contribution in [1.29, 1.82) is 0 Å². The number of halogens is 3. The second kappa shape index (κ2) is 7.72. The SMILES string of the molecule is CC(C)(C)OC(=O)NCc1ccc(B2OC(C)(C)C(C)(C)O2)cc1OC(F)(F)F. The average Bonchev–Trinajstić information content (AvgIpc) is 2.71. The van der Waals surface area contributed by atoms with Gasteiger partial charge in [0.2, 0.25) is 0 Å². The number of hydrogen-bond donors (Lipinski definition) is 1. The van der Waals surface area contributed by atoms with Crippen molar-refractivity contribution in [1.82, 2.24) is 5.32 Å². The lowest BCUT2D eigenvalue weighted by Gasteiger charge is -2.32. The molecule has 1 aliphatic rings. The molecule has 1 N–H and O–H groups in total. The summed E-state index contributed by atoms with van der Waals surface area (Å²) < 4.78 is 59.7. The molecule has 1 heterocycles. The Bertz CT molecular complexity index is 743. The molecule has 6 nitrogen and oxygen atoms in total. The van der Waals surface area contributed by atoms with Gasteiger partial charge < -0.3 is 24.1 Å². The standard InChI is InChI=1S/C19H27BF3NO5/c1-16(2,3)27-15(25)24-11-12-8-9-13(10-14(12)26-19(21,22)23)20-28-17(4,5)18(6,7)29-20/h8-10H,11H2,1-7H3,(H,24,25). The highest BCUT2D eigenvalue weighted by atomic mass is 19.4. The molecule has 1 fully saturated rings. The number of benzene rings is 1. The molecule has 1 aliphatic heterocycles. The second-order valence-electron chi connectivity index (χ2n) is 8.86. The minimum absolute atomic E-state index is 0.133. The highest BCUT2D eigenvalue weighted by molar-refractivity contribution is 6.62. The Morgan fingerprint density at radius 1 is 1.10 bits per heavy atom. The van der Waals surface area contributed by atoms with E-state index < -0.39 is 42.1 Å². The molecule has 0 atom stereocenters. The summed E-state index contributed by atoms with van der Waals surface area (Å²) in [6.07, 6.45) is -5.64. The summed E-state index contributed by atoms with van der Waals surface area (Å²) in [5.41, 5.74) is -1.49. The highest BCUT2D eigenvalue weighted by Gasteiger charge is 2.51. The highest BCUT2D eigenvalue weighted by Crippen LogP contribution is 2.37. The predicted molar refractivity (Wildman–Crippen MR) is 102 cm³/mol. The minimum atomic E-state index is -4.89. The molecule has 0 unspecified atom stereocenters. The van der Waals surface area contributed by atoms with Gasteiger partial charge in [0, 0.05) is 12.1 Å². The lowest BCUT2D eigenvalue weighted by atomic mass is 9.78. The van der Waals surface area contributed by atoms with Crippen LogP contribution in [0, 0.1) is 0 Å². The van der Waals surface area contributed by atoms with Crippen LogP contribution < -0.4 is 15.5 Å². The average molecular weight is 417 g/mol. The summed E-state index contributed by atoms with van der Waals surface area (Å²) in [6, 6.07) is 4.22. The maximum atomic E-state index is 12.9. The third-order valence-corrected chi connectivity index (χ3v) is 4.66. The zero-order chi connectivity index (χ0) is 22.3. The molecule has 0 aliphatic carbocycles. The third-order valence-electron chi connectivity index (χ3n) is 4.66. The van der Waals surface area contributed by atoms with Gasteiger partial charge in [0.25, 0.3) is 0 Å². The first kappa shape index (κ1) is 23.3. The monoisotopic (exact) mass is 417 g/mol. The van der Waals surface area contributed by atoms with Crippen molar-refractivity contribution in [3.05, 3.63) is 23.8 Å². The fraction of sp³-hybridized carbons (Fsp3) is 0.632. The molecule has 0 spiro atoms. The third kappa shape index (κ3) is 6.27. The quantitative estimate of drug-likeness (QED) is 0.753. The number of alkyl halides is 3. The molecule has 2 rings (SSSR count). The van der Waals surface area contributed by atoms with Gasteiger partial charge in [-0.15, -0.1) is 13.2 Å². The van der Waals surface area contributed by atoms with Crippen molar-refractivity contribution in [3.8, 4) is 5.75 Å². The van der Waals surface area contributed by atoms with Gasteiger partial charge in [0.1, 0.15) is 11.4 Å². The predicted octanol–water partition coefficient (Wildman–Crippen LogP) is 3.91. The van der Waals surface area contributed by atoms with Crippen LogP contribution in [-0.4, -0.2) is 36.4 Å². The van der Waals surface area contributed by atoms with Crippen molar-refractivity contribution < 1.29 is 36.7 Å². The fourth-order valence-electron chi connectivity index (χ4n) is 2.54. The van der Waals surface area contributed by atoms with Crippen molar-refractivity contribution in [2.24, 2.45) is 0 Å². The molecule has 0 saturated carbocycles. The molecule has 0 radical (unpaired) electrons. The molecular formula is C19H27BF3NO5. The fourth-order valence-corrected chi connectivity index (χ4v) is 2.54. The molecule has 1 aromatic rings. The van der Waals surface area contributed by atoms with Crippen LogP contribution in [0.15, 0.2) is 18.2 Å². The van der Waals surface area contributed by atoms with Crippen LogP contribution in [0.3, 0.4) is 0 Å². The van der Waals surface area contributed by atoms with Crippen LogP contribution in [0.2, 0.25) is 0 Å². The summed E-state index contributed by atoms with van der Waals surface area (Å²) in [7, 11) is -0.844. The summed E-state index contributed by atoms with van der Waals surface area (Å²) in [5.74, 6) is -0.444. The molecule has 1 aromatic carbocycles. The Balaban J connectivity index is 2.24. The van der Waals surface area contributed by atoms with Crippen LogP contribution in [0.1, 0.15) is 54.0 Å². The van der Waals surface area contributed by atoms with Gasteiger partial charge in [0.05, 0.1) is 11.2 Å². The van der Waals surface area contributed by atoms with Crippen LogP contribution >= 0.6 is 0 Å². The van der Waals surface area contributed by atoms with Gasteiger partial charge >= 0.3 is 19.6 Å². The maximum absolute atomic E-state index is 12.9. The summed E-state index contributed by atoms with van der Waals surface area (Å²) in [4.78, 5) is 11.8. The number of hydrogen-bond acceptors (Lipinski definition) is 5. The van der Waals surface area contributed by atoms with E-state index in [4.69, 9.17) is 14.0 Å². The van der Waals surface area contributed by atoms with Crippen molar-refractivity contribution in [2.75, 3.05) is 0 Å². The van der Waals surface area contributed by atoms with Crippen LogP contribution in [0.4, 0.5) is 18.0 Å². The van der Waals surface area contributed by atoms with Gasteiger partial charge in [-0.25, -0.2) is 4.79 Å². The van der Waals surface area contributed by atoms with Crippen LogP contribution in [0.25, 0.3) is 0 Å². The van der Waals surface area contributed by atoms with Gasteiger partial charge in [-0.05, 0) is 60.0 Å². The molecule has 0 bridgehead atoms. The Morgan fingerprint density at radius 3 is 2.14 bits per heavy atom. The first-order valence-electron chi connectivity index (χ1n) is 9.20. The maximum Gasteiger partial charge on any atom is 0.573 e. The molecule has 1 amide bonds. The smallest absolute Gasteiger partial charge is 0.444 e. The van der Waals surface area contributed by atoms with E-state index in [0.29, 0.717) is 5.46 Å². The number of alkyl carbamates (subject to hydrolysis) is 1. The van der Waals surface area contributed by atoms with Crippen molar-refractivity contribution in [2.45, 2.75) is 78.2 Å². The molecule has 162 valence electrons. The normalized spacial score (nSPS) is 18.5. The van der Waals surface area contributed by atoms with Gasteiger partial charge in [-0.1, -0.05) is 12.1 Å². The Kier molecular flexibility index (Phi) is 6.21. The second-order valence-corrected chi connectivity index (χ2v) is 8.86. The first-order valence-corrected chi connectivity index (χ1v) is 9.20. The van der Waals surface area contributed by atoms with E-state index in [1.807, 2.05) is 27.7 Å². The van der Waals surface area contributed by atoms with E-state index in [1.54, 1.807) is 26.8 Å². The Hall–Kier alpha value is -1.94. The first-order chi connectivity index (χ1) is 13.0. The Morgan fingerprint density at radius 2 is 1.66 bits per heavy atom. The lowest BCUT2D eigenvalue weighted by molar-refractivity contribution is -0.274.